The average molecular weight is 372 g/mol. The van der Waals surface area contributed by atoms with Crippen molar-refractivity contribution in [2.45, 2.75) is 26.0 Å². The van der Waals surface area contributed by atoms with E-state index in [1.807, 2.05) is 57.3 Å². The van der Waals surface area contributed by atoms with Crippen LogP contribution in [-0.4, -0.2) is 37.0 Å². The van der Waals surface area contributed by atoms with E-state index >= 15 is 0 Å². The van der Waals surface area contributed by atoms with Crippen molar-refractivity contribution in [2.24, 2.45) is 9.98 Å². The van der Waals surface area contributed by atoms with Crippen LogP contribution in [0, 0.1) is 0 Å². The molecule has 0 aromatic heterocycles. The molecule has 138 valence electrons. The molecule has 2 N–H and O–H groups in total. The van der Waals surface area contributed by atoms with E-state index in [-0.39, 0.29) is 24.7 Å². The Hall–Kier alpha value is -2.38. The van der Waals surface area contributed by atoms with Crippen molar-refractivity contribution in [3.8, 4) is 0 Å². The molecule has 0 spiro atoms. The van der Waals surface area contributed by atoms with Crippen LogP contribution in [0.3, 0.4) is 0 Å². The SMILES string of the molecule is CNS/C(=C\NCC(=O)OCc1ccccc1)C1=NC=CC(C)(C)N=C1. The summed E-state index contributed by atoms with van der Waals surface area (Å²) >= 11 is 1.39. The number of esters is 1. The highest BCUT2D eigenvalue weighted by atomic mass is 32.2. The van der Waals surface area contributed by atoms with Crippen molar-refractivity contribution in [1.29, 1.82) is 0 Å². The second-order valence-corrected chi connectivity index (χ2v) is 7.14. The standard InChI is InChI=1S/C19H24N4O2S/c1-19(2)9-10-22-16(11-23-19)17(26-20-3)12-21-13-18(24)25-14-15-7-5-4-6-8-15/h4-12,20-21H,13-14H2,1-3H3/b17-12-. The Morgan fingerprint density at radius 2 is 2.08 bits per heavy atom. The molecule has 0 aliphatic carbocycles. The first-order valence-corrected chi connectivity index (χ1v) is 9.09. The molecule has 0 fully saturated rings. The molecule has 6 nitrogen and oxygen atoms in total. The molecule has 2 rings (SSSR count). The van der Waals surface area contributed by atoms with Gasteiger partial charge in [0.25, 0.3) is 0 Å². The number of hydrogen-bond donors (Lipinski definition) is 2. The third-order valence-corrected chi connectivity index (χ3v) is 4.15. The average Bonchev–Trinajstić information content (AvgIpc) is 2.81. The van der Waals surface area contributed by atoms with Crippen molar-refractivity contribution < 1.29 is 9.53 Å². The molecule has 0 radical (unpaired) electrons. The summed E-state index contributed by atoms with van der Waals surface area (Å²) in [4.78, 5) is 21.6. The maximum absolute atomic E-state index is 11.9. The van der Waals surface area contributed by atoms with Crippen molar-refractivity contribution in [3.63, 3.8) is 0 Å². The van der Waals surface area contributed by atoms with Gasteiger partial charge in [-0.1, -0.05) is 30.3 Å². The molecular weight excluding hydrogens is 348 g/mol. The summed E-state index contributed by atoms with van der Waals surface area (Å²) in [5, 5.41) is 2.98. The van der Waals surface area contributed by atoms with E-state index in [0.29, 0.717) is 0 Å². The van der Waals surface area contributed by atoms with Gasteiger partial charge in [-0.3, -0.25) is 19.5 Å². The lowest BCUT2D eigenvalue weighted by Crippen LogP contribution is -2.22. The van der Waals surface area contributed by atoms with Crippen molar-refractivity contribution in [3.05, 3.63) is 59.3 Å². The summed E-state index contributed by atoms with van der Waals surface area (Å²) in [6.07, 6.45) is 7.17. The van der Waals surface area contributed by atoms with Gasteiger partial charge in [-0.25, -0.2) is 0 Å². The molecule has 0 bridgehead atoms. The zero-order valence-corrected chi connectivity index (χ0v) is 16.0. The fraction of sp³-hybridized carbons (Fsp3) is 0.316. The zero-order chi connectivity index (χ0) is 18.8. The van der Waals surface area contributed by atoms with Gasteiger partial charge in [0.05, 0.1) is 16.2 Å². The predicted octanol–water partition coefficient (Wildman–Crippen LogP) is 2.85. The summed E-state index contributed by atoms with van der Waals surface area (Å²) in [5.74, 6) is -0.323. The number of aliphatic imine (C=N–C) groups is 2. The van der Waals surface area contributed by atoms with E-state index < -0.39 is 0 Å². The maximum atomic E-state index is 11.9. The summed E-state index contributed by atoms with van der Waals surface area (Å²) < 4.78 is 8.26. The van der Waals surface area contributed by atoms with Crippen LogP contribution < -0.4 is 10.0 Å². The molecule has 26 heavy (non-hydrogen) atoms. The number of rotatable bonds is 8. The smallest absolute Gasteiger partial charge is 0.325 e. The molecule has 0 atom stereocenters. The molecule has 7 heteroatoms. The Kier molecular flexibility index (Phi) is 7.62. The van der Waals surface area contributed by atoms with Gasteiger partial charge < -0.3 is 10.1 Å². The highest BCUT2D eigenvalue weighted by Gasteiger charge is 2.14. The van der Waals surface area contributed by atoms with Gasteiger partial charge in [0.15, 0.2) is 0 Å². The highest BCUT2D eigenvalue weighted by molar-refractivity contribution is 8.02. The number of carbonyl (C=O) groups is 1. The van der Waals surface area contributed by atoms with Crippen LogP contribution in [0.15, 0.2) is 63.7 Å². The quantitative estimate of drug-likeness (QED) is 0.542. The molecule has 1 aliphatic rings. The van der Waals surface area contributed by atoms with Gasteiger partial charge in [-0.15, -0.1) is 0 Å². The molecule has 0 unspecified atom stereocenters. The van der Waals surface area contributed by atoms with Gasteiger partial charge in [0.2, 0.25) is 0 Å². The van der Waals surface area contributed by atoms with Crippen LogP contribution in [0.25, 0.3) is 0 Å². The summed E-state index contributed by atoms with van der Waals surface area (Å²) in [6, 6.07) is 9.59. The van der Waals surface area contributed by atoms with Crippen LogP contribution in [0.4, 0.5) is 0 Å². The second kappa shape index (κ2) is 9.94. The third kappa shape index (κ3) is 6.85. The van der Waals surface area contributed by atoms with Crippen LogP contribution in [0.1, 0.15) is 19.4 Å². The number of nitrogens with zero attached hydrogens (tertiary/aromatic N) is 2. The highest BCUT2D eigenvalue weighted by Crippen LogP contribution is 2.17. The van der Waals surface area contributed by atoms with E-state index in [1.54, 1.807) is 18.6 Å². The van der Waals surface area contributed by atoms with Gasteiger partial charge in [-0.2, -0.15) is 0 Å². The lowest BCUT2D eigenvalue weighted by Gasteiger charge is -2.11. The fourth-order valence-electron chi connectivity index (χ4n) is 2.01. The first-order valence-electron chi connectivity index (χ1n) is 8.28. The number of benzene rings is 1. The molecule has 0 amide bonds. The lowest BCUT2D eigenvalue weighted by atomic mass is 10.1. The van der Waals surface area contributed by atoms with Crippen LogP contribution in [0.2, 0.25) is 0 Å². The zero-order valence-electron chi connectivity index (χ0n) is 15.2. The number of ether oxygens (including phenoxy) is 1. The Morgan fingerprint density at radius 1 is 1.31 bits per heavy atom. The van der Waals surface area contributed by atoms with Gasteiger partial charge >= 0.3 is 5.97 Å². The molecule has 0 saturated heterocycles. The van der Waals surface area contributed by atoms with Crippen molar-refractivity contribution >= 4 is 29.8 Å². The Morgan fingerprint density at radius 3 is 2.81 bits per heavy atom. The minimum Gasteiger partial charge on any atom is -0.460 e. The minimum absolute atomic E-state index is 0.0758. The minimum atomic E-state index is -0.323. The molecule has 1 aliphatic heterocycles. The van der Waals surface area contributed by atoms with Crippen LogP contribution >= 0.6 is 11.9 Å². The Labute approximate surface area is 158 Å². The summed E-state index contributed by atoms with van der Waals surface area (Å²) in [5.41, 5.74) is 1.40. The number of carbonyl (C=O) groups excluding carboxylic acids is 1. The van der Waals surface area contributed by atoms with Crippen molar-refractivity contribution in [1.82, 2.24) is 10.0 Å². The van der Waals surface area contributed by atoms with Gasteiger partial charge in [0, 0.05) is 18.6 Å². The fourth-order valence-corrected chi connectivity index (χ4v) is 2.59. The van der Waals surface area contributed by atoms with Crippen LogP contribution in [0.5, 0.6) is 0 Å². The first-order chi connectivity index (χ1) is 12.5. The van der Waals surface area contributed by atoms with E-state index in [1.165, 1.54) is 11.9 Å². The molecule has 1 aromatic carbocycles. The molecule has 0 saturated carbocycles. The normalized spacial score (nSPS) is 16.0. The van der Waals surface area contributed by atoms with E-state index in [0.717, 1.165) is 16.2 Å². The number of hydrogen-bond acceptors (Lipinski definition) is 7. The summed E-state index contributed by atoms with van der Waals surface area (Å²) in [6.45, 7) is 4.36. The van der Waals surface area contributed by atoms with E-state index in [4.69, 9.17) is 4.74 Å². The maximum Gasteiger partial charge on any atom is 0.325 e. The number of nitrogens with one attached hydrogen (secondary N) is 2. The van der Waals surface area contributed by atoms with Gasteiger partial charge in [-0.05, 0) is 44.5 Å². The van der Waals surface area contributed by atoms with Crippen molar-refractivity contribution in [2.75, 3.05) is 13.6 Å². The monoisotopic (exact) mass is 372 g/mol. The third-order valence-electron chi connectivity index (χ3n) is 3.40. The van der Waals surface area contributed by atoms with Crippen LogP contribution in [-0.2, 0) is 16.1 Å². The summed E-state index contributed by atoms with van der Waals surface area (Å²) in [7, 11) is 1.82. The number of allylic oxidation sites excluding steroid dienone is 1. The molecule has 1 aromatic rings. The second-order valence-electron chi connectivity index (χ2n) is 6.08. The first kappa shape index (κ1) is 19.9. The molecular formula is C19H24N4O2S. The van der Waals surface area contributed by atoms with Gasteiger partial charge in [0.1, 0.15) is 13.2 Å². The van der Waals surface area contributed by atoms with E-state index in [2.05, 4.69) is 20.0 Å². The Balaban J connectivity index is 1.90. The lowest BCUT2D eigenvalue weighted by molar-refractivity contribution is -0.143. The van der Waals surface area contributed by atoms with E-state index in [9.17, 15) is 4.79 Å². The molecule has 1 heterocycles. The topological polar surface area (TPSA) is 75.1 Å². The Bertz CT molecular complexity index is 724. The largest absolute Gasteiger partial charge is 0.460 e. The predicted molar refractivity (Wildman–Crippen MR) is 108 cm³/mol.